The van der Waals surface area contributed by atoms with Gasteiger partial charge in [0.05, 0.1) is 12.6 Å². The molecule has 100 valence electrons. The lowest BCUT2D eigenvalue weighted by Crippen LogP contribution is -2.43. The molecular formula is C14H22N2O2. The molecule has 0 radical (unpaired) electrons. The van der Waals surface area contributed by atoms with Crippen LogP contribution in [0.5, 0.6) is 0 Å². The molecule has 18 heavy (non-hydrogen) atoms. The number of hydrogen-bond donors (Lipinski definition) is 2. The summed E-state index contributed by atoms with van der Waals surface area (Å²) < 4.78 is 4.98. The molecule has 0 saturated heterocycles. The van der Waals surface area contributed by atoms with Crippen molar-refractivity contribution in [3.8, 4) is 0 Å². The highest BCUT2D eigenvalue weighted by Gasteiger charge is 2.10. The number of methoxy groups -OCH3 is 1. The number of aryl methyl sites for hydroxylation is 2. The second-order valence-corrected chi connectivity index (χ2v) is 4.44. The molecule has 0 aliphatic heterocycles. The quantitative estimate of drug-likeness (QED) is 0.759. The molecule has 1 rings (SSSR count). The summed E-state index contributed by atoms with van der Waals surface area (Å²) in [5.41, 5.74) is 7.94. The van der Waals surface area contributed by atoms with Gasteiger partial charge < -0.3 is 15.8 Å². The molecule has 4 heteroatoms. The Morgan fingerprint density at radius 3 is 2.61 bits per heavy atom. The number of rotatable bonds is 7. The van der Waals surface area contributed by atoms with E-state index >= 15 is 0 Å². The van der Waals surface area contributed by atoms with E-state index in [9.17, 15) is 4.79 Å². The topological polar surface area (TPSA) is 64.3 Å². The minimum Gasteiger partial charge on any atom is -0.383 e. The SMILES string of the molecule is COCC(CN)NC(=O)CCc1ccc(C)cc1. The molecule has 0 aliphatic rings. The van der Waals surface area contributed by atoms with Crippen LogP contribution >= 0.6 is 0 Å². The van der Waals surface area contributed by atoms with E-state index in [0.717, 1.165) is 6.42 Å². The number of nitrogens with two attached hydrogens (primary N) is 1. The summed E-state index contributed by atoms with van der Waals surface area (Å²) in [6, 6.07) is 8.12. The number of benzene rings is 1. The van der Waals surface area contributed by atoms with Crippen molar-refractivity contribution in [1.29, 1.82) is 0 Å². The van der Waals surface area contributed by atoms with Gasteiger partial charge in [0.1, 0.15) is 0 Å². The first kappa shape index (κ1) is 14.7. The van der Waals surface area contributed by atoms with Gasteiger partial charge in [-0.15, -0.1) is 0 Å². The van der Waals surface area contributed by atoms with Gasteiger partial charge in [0, 0.05) is 20.1 Å². The van der Waals surface area contributed by atoms with Gasteiger partial charge in [-0.1, -0.05) is 29.8 Å². The summed E-state index contributed by atoms with van der Waals surface area (Å²) in [7, 11) is 1.60. The van der Waals surface area contributed by atoms with Crippen LogP contribution in [0.25, 0.3) is 0 Å². The molecular weight excluding hydrogens is 228 g/mol. The van der Waals surface area contributed by atoms with Crippen molar-refractivity contribution in [3.63, 3.8) is 0 Å². The third-order valence-corrected chi connectivity index (χ3v) is 2.78. The average molecular weight is 250 g/mol. The standard InChI is InChI=1S/C14H22N2O2/c1-11-3-5-12(6-4-11)7-8-14(17)16-13(9-15)10-18-2/h3-6,13H,7-10,15H2,1-2H3,(H,16,17). The molecule has 1 unspecified atom stereocenters. The van der Waals surface area contributed by atoms with Crippen molar-refractivity contribution < 1.29 is 9.53 Å². The number of ether oxygens (including phenoxy) is 1. The molecule has 0 saturated carbocycles. The summed E-state index contributed by atoms with van der Waals surface area (Å²) in [6.45, 7) is 2.89. The third kappa shape index (κ3) is 5.29. The highest BCUT2D eigenvalue weighted by atomic mass is 16.5. The van der Waals surface area contributed by atoms with Crippen LogP contribution in [0.2, 0.25) is 0 Å². The van der Waals surface area contributed by atoms with Crippen LogP contribution in [0.3, 0.4) is 0 Å². The number of nitrogens with one attached hydrogen (secondary N) is 1. The zero-order valence-corrected chi connectivity index (χ0v) is 11.1. The van der Waals surface area contributed by atoms with Crippen molar-refractivity contribution in [3.05, 3.63) is 35.4 Å². The molecule has 1 aromatic carbocycles. The summed E-state index contributed by atoms with van der Waals surface area (Å²) in [5, 5.41) is 2.86. The van der Waals surface area contributed by atoms with Crippen molar-refractivity contribution >= 4 is 5.91 Å². The first-order valence-corrected chi connectivity index (χ1v) is 6.19. The number of amides is 1. The van der Waals surface area contributed by atoms with Crippen LogP contribution in [0.4, 0.5) is 0 Å². The van der Waals surface area contributed by atoms with E-state index in [-0.39, 0.29) is 11.9 Å². The molecule has 1 atom stereocenters. The summed E-state index contributed by atoms with van der Waals surface area (Å²) in [4.78, 5) is 11.7. The van der Waals surface area contributed by atoms with Crippen LogP contribution in [0.15, 0.2) is 24.3 Å². The van der Waals surface area contributed by atoms with Gasteiger partial charge in [-0.3, -0.25) is 4.79 Å². The lowest BCUT2D eigenvalue weighted by Gasteiger charge is -2.15. The van der Waals surface area contributed by atoms with E-state index in [4.69, 9.17) is 10.5 Å². The van der Waals surface area contributed by atoms with Crippen LogP contribution in [0.1, 0.15) is 17.5 Å². The lowest BCUT2D eigenvalue weighted by atomic mass is 10.1. The highest BCUT2D eigenvalue weighted by Crippen LogP contribution is 2.05. The van der Waals surface area contributed by atoms with Gasteiger partial charge >= 0.3 is 0 Å². The van der Waals surface area contributed by atoms with Crippen molar-refractivity contribution in [2.24, 2.45) is 5.73 Å². The highest BCUT2D eigenvalue weighted by molar-refractivity contribution is 5.76. The van der Waals surface area contributed by atoms with Crippen molar-refractivity contribution in [2.75, 3.05) is 20.3 Å². The Bertz CT molecular complexity index is 363. The Balaban J connectivity index is 2.34. The van der Waals surface area contributed by atoms with E-state index < -0.39 is 0 Å². The van der Waals surface area contributed by atoms with E-state index in [1.807, 2.05) is 6.92 Å². The Labute approximate surface area is 109 Å². The first-order chi connectivity index (χ1) is 8.65. The summed E-state index contributed by atoms with van der Waals surface area (Å²) in [6.07, 6.45) is 1.22. The molecule has 0 bridgehead atoms. The second kappa shape index (κ2) is 7.84. The van der Waals surface area contributed by atoms with E-state index in [1.165, 1.54) is 11.1 Å². The predicted octanol–water partition coefficient (Wildman–Crippen LogP) is 1.02. The van der Waals surface area contributed by atoms with Crippen LogP contribution < -0.4 is 11.1 Å². The van der Waals surface area contributed by atoms with Gasteiger partial charge in [-0.25, -0.2) is 0 Å². The number of carbonyl (C=O) groups is 1. The van der Waals surface area contributed by atoms with Crippen LogP contribution in [0, 0.1) is 6.92 Å². The first-order valence-electron chi connectivity index (χ1n) is 6.19. The number of hydrogen-bond acceptors (Lipinski definition) is 3. The minimum atomic E-state index is -0.0967. The fourth-order valence-electron chi connectivity index (χ4n) is 1.68. The van der Waals surface area contributed by atoms with Gasteiger partial charge in [0.15, 0.2) is 0 Å². The second-order valence-electron chi connectivity index (χ2n) is 4.44. The maximum absolute atomic E-state index is 11.7. The van der Waals surface area contributed by atoms with Crippen molar-refractivity contribution in [1.82, 2.24) is 5.32 Å². The normalized spacial score (nSPS) is 12.2. The van der Waals surface area contributed by atoms with E-state index in [1.54, 1.807) is 7.11 Å². The Kier molecular flexibility index (Phi) is 6.39. The largest absolute Gasteiger partial charge is 0.383 e. The third-order valence-electron chi connectivity index (χ3n) is 2.78. The fraction of sp³-hybridized carbons (Fsp3) is 0.500. The molecule has 0 aromatic heterocycles. The molecule has 4 nitrogen and oxygen atoms in total. The van der Waals surface area contributed by atoms with Gasteiger partial charge in [0.25, 0.3) is 0 Å². The Morgan fingerprint density at radius 1 is 1.39 bits per heavy atom. The molecule has 0 spiro atoms. The molecule has 0 heterocycles. The summed E-state index contributed by atoms with van der Waals surface area (Å²) in [5.74, 6) is 0.0167. The summed E-state index contributed by atoms with van der Waals surface area (Å²) >= 11 is 0. The predicted molar refractivity (Wildman–Crippen MR) is 72.4 cm³/mol. The molecule has 1 amide bonds. The van der Waals surface area contributed by atoms with Crippen LogP contribution in [-0.2, 0) is 16.0 Å². The molecule has 3 N–H and O–H groups in total. The zero-order chi connectivity index (χ0) is 13.4. The fourth-order valence-corrected chi connectivity index (χ4v) is 1.68. The maximum atomic E-state index is 11.7. The van der Waals surface area contributed by atoms with Crippen LogP contribution in [-0.4, -0.2) is 32.2 Å². The van der Waals surface area contributed by atoms with Crippen molar-refractivity contribution in [2.45, 2.75) is 25.8 Å². The Hall–Kier alpha value is -1.39. The van der Waals surface area contributed by atoms with Gasteiger partial charge in [0.2, 0.25) is 5.91 Å². The Morgan fingerprint density at radius 2 is 2.06 bits per heavy atom. The maximum Gasteiger partial charge on any atom is 0.220 e. The van der Waals surface area contributed by atoms with E-state index in [2.05, 4.69) is 29.6 Å². The van der Waals surface area contributed by atoms with Gasteiger partial charge in [-0.05, 0) is 18.9 Å². The van der Waals surface area contributed by atoms with E-state index in [0.29, 0.717) is 19.6 Å². The smallest absolute Gasteiger partial charge is 0.220 e. The minimum absolute atomic E-state index is 0.0167. The molecule has 1 aromatic rings. The lowest BCUT2D eigenvalue weighted by molar-refractivity contribution is -0.122. The molecule has 0 aliphatic carbocycles. The zero-order valence-electron chi connectivity index (χ0n) is 11.1. The average Bonchev–Trinajstić information content (AvgIpc) is 2.37. The molecule has 0 fully saturated rings. The van der Waals surface area contributed by atoms with Gasteiger partial charge in [-0.2, -0.15) is 0 Å². The number of carbonyl (C=O) groups excluding carboxylic acids is 1. The monoisotopic (exact) mass is 250 g/mol.